The molecule has 0 radical (unpaired) electrons. The number of benzene rings is 2. The van der Waals surface area contributed by atoms with E-state index in [1.165, 1.54) is 18.0 Å². The lowest BCUT2D eigenvalue weighted by Gasteiger charge is -2.24. The van der Waals surface area contributed by atoms with Gasteiger partial charge in [0.2, 0.25) is 5.52 Å². The number of carbonyl (C=O) groups is 2. The van der Waals surface area contributed by atoms with Crippen molar-refractivity contribution in [3.8, 4) is 0 Å². The molecule has 166 valence electrons. The molecule has 3 rings (SSSR count). The van der Waals surface area contributed by atoms with Crippen LogP contribution < -0.4 is 15.4 Å². The van der Waals surface area contributed by atoms with Gasteiger partial charge in [0, 0.05) is 35.1 Å². The SMILES string of the molecule is CC[n+]1c(C=Cc2ccc(N(/C=C\C(=O)ON)C(C)C(=O)O)cc2)sc2ccc(Cl)cc21. The minimum Gasteiger partial charge on any atom is -0.480 e. The molecule has 1 aromatic heterocycles. The second kappa shape index (κ2) is 10.4. The zero-order valence-corrected chi connectivity index (χ0v) is 19.1. The summed E-state index contributed by atoms with van der Waals surface area (Å²) in [5, 5.41) is 11.2. The van der Waals surface area contributed by atoms with E-state index in [4.69, 9.17) is 17.5 Å². The van der Waals surface area contributed by atoms with E-state index >= 15 is 0 Å². The van der Waals surface area contributed by atoms with Gasteiger partial charge in [0.25, 0.3) is 5.01 Å². The number of aryl methyl sites for hydroxylation is 1. The zero-order chi connectivity index (χ0) is 23.3. The topological polar surface area (TPSA) is 96.7 Å². The molecule has 0 spiro atoms. The molecule has 0 bridgehead atoms. The highest BCUT2D eigenvalue weighted by Crippen LogP contribution is 2.25. The van der Waals surface area contributed by atoms with Gasteiger partial charge in [-0.2, -0.15) is 10.5 Å². The first-order chi connectivity index (χ1) is 15.3. The number of rotatable bonds is 8. The Kier molecular flexibility index (Phi) is 7.63. The Hall–Kier alpha value is -3.20. The van der Waals surface area contributed by atoms with Crippen molar-refractivity contribution in [2.24, 2.45) is 5.90 Å². The molecular formula is C23H23ClN3O4S+. The predicted molar refractivity (Wildman–Crippen MR) is 127 cm³/mol. The third-order valence-electron chi connectivity index (χ3n) is 4.88. The number of carboxylic acids is 1. The summed E-state index contributed by atoms with van der Waals surface area (Å²) >= 11 is 7.84. The Bertz CT molecular complexity index is 1190. The smallest absolute Gasteiger partial charge is 0.350 e. The van der Waals surface area contributed by atoms with Gasteiger partial charge in [-0.25, -0.2) is 9.59 Å². The molecule has 9 heteroatoms. The maximum absolute atomic E-state index is 11.5. The molecule has 1 atom stereocenters. The van der Waals surface area contributed by atoms with Crippen molar-refractivity contribution in [3.05, 3.63) is 70.3 Å². The highest BCUT2D eigenvalue weighted by atomic mass is 35.5. The van der Waals surface area contributed by atoms with Crippen molar-refractivity contribution in [3.63, 3.8) is 0 Å². The molecule has 2 aromatic carbocycles. The number of aliphatic carboxylic acids is 1. The summed E-state index contributed by atoms with van der Waals surface area (Å²) in [6.45, 7) is 4.43. The number of carbonyl (C=O) groups excluding carboxylic acids is 1. The van der Waals surface area contributed by atoms with Gasteiger partial charge < -0.3 is 14.8 Å². The summed E-state index contributed by atoms with van der Waals surface area (Å²) in [7, 11) is 0. The lowest BCUT2D eigenvalue weighted by atomic mass is 10.1. The first-order valence-electron chi connectivity index (χ1n) is 9.84. The third-order valence-corrected chi connectivity index (χ3v) is 6.25. The number of anilines is 1. The molecule has 0 fully saturated rings. The molecule has 0 aliphatic heterocycles. The molecule has 1 heterocycles. The first kappa shape index (κ1) is 23.5. The Morgan fingerprint density at radius 2 is 1.97 bits per heavy atom. The van der Waals surface area contributed by atoms with E-state index in [2.05, 4.69) is 16.3 Å². The van der Waals surface area contributed by atoms with Crippen LogP contribution in [0.15, 0.2) is 54.7 Å². The molecule has 3 aromatic rings. The van der Waals surface area contributed by atoms with Crippen molar-refractivity contribution in [1.29, 1.82) is 0 Å². The standard InChI is InChI=1S/C23H22ClN3O4S/c1-3-26-19-14-17(24)7-10-20(19)32-21(26)11-6-16-4-8-18(9-5-16)27(15(2)23(29)30)13-12-22(28)31-25/h4-15H,3,25H2,1-2H3/p+1/b13-12-. The van der Waals surface area contributed by atoms with Crippen LogP contribution in [0, 0.1) is 0 Å². The van der Waals surface area contributed by atoms with Gasteiger partial charge in [-0.15, -0.1) is 0 Å². The number of aromatic nitrogens is 1. The summed E-state index contributed by atoms with van der Waals surface area (Å²) in [5.74, 6) is 3.03. The highest BCUT2D eigenvalue weighted by molar-refractivity contribution is 7.18. The summed E-state index contributed by atoms with van der Waals surface area (Å²) < 4.78 is 3.36. The van der Waals surface area contributed by atoms with E-state index in [1.54, 1.807) is 23.5 Å². The molecule has 3 N–H and O–H groups in total. The minimum absolute atomic E-state index is 0.609. The molecular weight excluding hydrogens is 450 g/mol. The maximum Gasteiger partial charge on any atom is 0.350 e. The number of nitrogens with zero attached hydrogens (tertiary/aromatic N) is 2. The average Bonchev–Trinajstić information content (AvgIpc) is 3.14. The molecule has 32 heavy (non-hydrogen) atoms. The van der Waals surface area contributed by atoms with Gasteiger partial charge in [0.15, 0.2) is 0 Å². The average molecular weight is 473 g/mol. The fourth-order valence-electron chi connectivity index (χ4n) is 3.19. The van der Waals surface area contributed by atoms with Crippen LogP contribution in [0.3, 0.4) is 0 Å². The number of carboxylic acid groups (broad SMARTS) is 1. The fraction of sp³-hybridized carbons (Fsp3) is 0.174. The van der Waals surface area contributed by atoms with E-state index in [9.17, 15) is 14.7 Å². The van der Waals surface area contributed by atoms with E-state index in [-0.39, 0.29) is 0 Å². The Morgan fingerprint density at radius 3 is 2.59 bits per heavy atom. The van der Waals surface area contributed by atoms with Crippen molar-refractivity contribution in [2.75, 3.05) is 4.90 Å². The monoisotopic (exact) mass is 472 g/mol. The lowest BCUT2D eigenvalue weighted by Crippen LogP contribution is -2.35. The number of thiazole rings is 1. The van der Waals surface area contributed by atoms with E-state index in [0.29, 0.717) is 10.7 Å². The summed E-state index contributed by atoms with van der Waals surface area (Å²) in [5.41, 5.74) is 2.65. The van der Waals surface area contributed by atoms with Crippen LogP contribution in [0.25, 0.3) is 22.4 Å². The largest absolute Gasteiger partial charge is 0.480 e. The third kappa shape index (κ3) is 5.34. The van der Waals surface area contributed by atoms with Crippen LogP contribution in [0.2, 0.25) is 5.02 Å². The molecule has 0 aliphatic rings. The summed E-state index contributed by atoms with van der Waals surface area (Å²) in [4.78, 5) is 28.3. The maximum atomic E-state index is 11.5. The quantitative estimate of drug-likeness (QED) is 0.289. The zero-order valence-electron chi connectivity index (χ0n) is 17.6. The minimum atomic E-state index is -1.03. The lowest BCUT2D eigenvalue weighted by molar-refractivity contribution is -0.665. The predicted octanol–water partition coefficient (Wildman–Crippen LogP) is 4.24. The van der Waals surface area contributed by atoms with Gasteiger partial charge in [-0.3, -0.25) is 0 Å². The van der Waals surface area contributed by atoms with Crippen molar-refractivity contribution < 1.29 is 24.1 Å². The number of halogens is 1. The van der Waals surface area contributed by atoms with Crippen molar-refractivity contribution in [2.45, 2.75) is 26.4 Å². The number of nitrogens with two attached hydrogens (primary N) is 1. The van der Waals surface area contributed by atoms with Gasteiger partial charge in [0.1, 0.15) is 17.3 Å². The number of hydrogen-bond acceptors (Lipinski definition) is 6. The van der Waals surface area contributed by atoms with Crippen LogP contribution >= 0.6 is 22.9 Å². The van der Waals surface area contributed by atoms with E-state index < -0.39 is 18.0 Å². The van der Waals surface area contributed by atoms with Crippen LogP contribution in [0.5, 0.6) is 0 Å². The van der Waals surface area contributed by atoms with Crippen LogP contribution in [-0.2, 0) is 21.0 Å². The Labute approximate surface area is 194 Å². The molecule has 0 saturated carbocycles. The highest BCUT2D eigenvalue weighted by Gasteiger charge is 2.20. The van der Waals surface area contributed by atoms with Gasteiger partial charge in [0.05, 0.1) is 0 Å². The van der Waals surface area contributed by atoms with Crippen LogP contribution in [0.1, 0.15) is 24.4 Å². The molecule has 0 saturated heterocycles. The normalized spacial score (nSPS) is 12.5. The fourth-order valence-corrected chi connectivity index (χ4v) is 4.46. The molecule has 7 nitrogen and oxygen atoms in total. The van der Waals surface area contributed by atoms with Crippen LogP contribution in [-0.4, -0.2) is 23.1 Å². The summed E-state index contributed by atoms with van der Waals surface area (Å²) in [6, 6.07) is 12.3. The number of fused-ring (bicyclic) bond motifs is 1. The Morgan fingerprint density at radius 1 is 1.25 bits per heavy atom. The Balaban J connectivity index is 1.86. The van der Waals surface area contributed by atoms with Crippen molar-refractivity contribution >= 4 is 62.9 Å². The van der Waals surface area contributed by atoms with Gasteiger partial charge >= 0.3 is 11.9 Å². The second-order valence-electron chi connectivity index (χ2n) is 6.90. The van der Waals surface area contributed by atoms with Gasteiger partial charge in [-0.05, 0) is 49.8 Å². The molecule has 1 unspecified atom stereocenters. The van der Waals surface area contributed by atoms with Gasteiger partial charge in [-0.1, -0.05) is 35.1 Å². The second-order valence-corrected chi connectivity index (χ2v) is 8.39. The van der Waals surface area contributed by atoms with E-state index in [0.717, 1.165) is 33.4 Å². The molecule has 0 amide bonds. The van der Waals surface area contributed by atoms with E-state index in [1.807, 2.05) is 42.5 Å². The number of hydrogen-bond donors (Lipinski definition) is 2. The first-order valence-corrected chi connectivity index (χ1v) is 11.0. The summed E-state index contributed by atoms with van der Waals surface area (Å²) in [6.07, 6.45) is 6.45. The van der Waals surface area contributed by atoms with Crippen LogP contribution in [0.4, 0.5) is 5.69 Å². The van der Waals surface area contributed by atoms with Crippen molar-refractivity contribution in [1.82, 2.24) is 0 Å². The molecule has 0 aliphatic carbocycles.